The van der Waals surface area contributed by atoms with Gasteiger partial charge in [-0.1, -0.05) is 13.8 Å². The van der Waals surface area contributed by atoms with E-state index in [9.17, 15) is 4.79 Å². The predicted octanol–water partition coefficient (Wildman–Crippen LogP) is 1.41. The number of amides is 1. The number of nitrogens with one attached hydrogen (secondary N) is 5. The van der Waals surface area contributed by atoms with E-state index in [-0.39, 0.29) is 18.1 Å². The fraction of sp³-hybridized carbons (Fsp3) is 0.538. The molecule has 2 atom stereocenters. The molecule has 12 heteroatoms. The van der Waals surface area contributed by atoms with Crippen LogP contribution in [0.5, 0.6) is 0 Å². The highest BCUT2D eigenvalue weighted by atomic mass is 16.1. The van der Waals surface area contributed by atoms with Gasteiger partial charge < -0.3 is 26.2 Å². The Balaban J connectivity index is 1.21. The quantitative estimate of drug-likeness (QED) is 0.348. The number of nitrogens with zero attached hydrogens (tertiary/aromatic N) is 6. The Hall–Kier alpha value is -3.64. The van der Waals surface area contributed by atoms with Crippen molar-refractivity contribution in [1.29, 1.82) is 0 Å². The lowest BCUT2D eigenvalue weighted by atomic mass is 9.93. The Labute approximate surface area is 223 Å². The van der Waals surface area contributed by atoms with E-state index < -0.39 is 0 Å². The van der Waals surface area contributed by atoms with E-state index in [1.807, 2.05) is 44.5 Å². The van der Waals surface area contributed by atoms with Gasteiger partial charge >= 0.3 is 0 Å². The highest BCUT2D eigenvalue weighted by Gasteiger charge is 2.31. The summed E-state index contributed by atoms with van der Waals surface area (Å²) in [7, 11) is 3.80. The second-order valence-electron chi connectivity index (χ2n) is 11.2. The summed E-state index contributed by atoms with van der Waals surface area (Å²) in [6.45, 7) is 12.3. The number of anilines is 3. The minimum absolute atomic E-state index is 0.0185. The second-order valence-corrected chi connectivity index (χ2v) is 11.2. The number of rotatable bonds is 8. The van der Waals surface area contributed by atoms with Crippen molar-refractivity contribution >= 4 is 23.4 Å². The molecule has 0 aliphatic carbocycles. The van der Waals surface area contributed by atoms with Crippen molar-refractivity contribution < 1.29 is 4.79 Å². The van der Waals surface area contributed by atoms with Gasteiger partial charge in [-0.2, -0.15) is 10.1 Å². The van der Waals surface area contributed by atoms with Crippen LogP contribution >= 0.6 is 0 Å². The summed E-state index contributed by atoms with van der Waals surface area (Å²) in [6.07, 6.45) is 8.38. The topological polar surface area (TPSA) is 127 Å². The molecule has 0 spiro atoms. The van der Waals surface area contributed by atoms with Gasteiger partial charge in [-0.3, -0.25) is 14.5 Å². The molecule has 0 radical (unpaired) electrons. The molecule has 2 aromatic heterocycles. The normalized spacial score (nSPS) is 22.4. The van der Waals surface area contributed by atoms with Gasteiger partial charge in [-0.15, -0.1) is 0 Å². The van der Waals surface area contributed by atoms with Crippen molar-refractivity contribution in [3.63, 3.8) is 0 Å². The first kappa shape index (κ1) is 26.0. The number of likely N-dealkylation sites (tertiary alicyclic amines) is 1. The lowest BCUT2D eigenvalue weighted by molar-refractivity contribution is -0.117. The number of fused-ring (bicyclic) bond motifs is 1. The van der Waals surface area contributed by atoms with Crippen molar-refractivity contribution in [2.75, 3.05) is 43.6 Å². The monoisotopic (exact) mass is 521 g/mol. The fourth-order valence-corrected chi connectivity index (χ4v) is 5.14. The maximum atomic E-state index is 12.9. The van der Waals surface area contributed by atoms with Gasteiger partial charge in [0.25, 0.3) is 5.91 Å². The highest BCUT2D eigenvalue weighted by Crippen LogP contribution is 2.31. The summed E-state index contributed by atoms with van der Waals surface area (Å²) in [6, 6.07) is 0.0185. The first-order valence-electron chi connectivity index (χ1n) is 13.2. The predicted molar refractivity (Wildman–Crippen MR) is 147 cm³/mol. The second kappa shape index (κ2) is 10.3. The Morgan fingerprint density at radius 2 is 2.11 bits per heavy atom. The summed E-state index contributed by atoms with van der Waals surface area (Å²) >= 11 is 0. The minimum atomic E-state index is -0.236. The van der Waals surface area contributed by atoms with Gasteiger partial charge in [0.2, 0.25) is 5.95 Å². The molecule has 1 saturated heterocycles. The average molecular weight is 522 g/mol. The molecule has 5 heterocycles. The van der Waals surface area contributed by atoms with Crippen LogP contribution in [0.1, 0.15) is 44.6 Å². The standard InChI is InChI=1S/C26H39N11O/c1-16-20(11-18(12-28-16)24(38)27-8-10-37-9-7-26(3,4)15-37)30-22-19-13-29-25(32-23(19)36(6)34-22)31-21-14-35(5)33-17(21)2/h11-14,16,22,28,30,34H,7-10,15H2,1-6H3,(H,27,38)(H,29,31,32). The van der Waals surface area contributed by atoms with Gasteiger partial charge in [-0.05, 0) is 38.3 Å². The van der Waals surface area contributed by atoms with Crippen LogP contribution in [0.15, 0.2) is 35.9 Å². The van der Waals surface area contributed by atoms with Crippen LogP contribution in [0.2, 0.25) is 0 Å². The summed E-state index contributed by atoms with van der Waals surface area (Å²) in [5, 5.41) is 19.4. The minimum Gasteiger partial charge on any atom is -0.382 e. The van der Waals surface area contributed by atoms with Crippen LogP contribution in [0.4, 0.5) is 17.5 Å². The number of carbonyl (C=O) groups is 1. The van der Waals surface area contributed by atoms with Gasteiger partial charge in [0.1, 0.15) is 6.17 Å². The molecule has 0 saturated carbocycles. The van der Waals surface area contributed by atoms with E-state index in [2.05, 4.69) is 62.4 Å². The molecule has 0 aromatic carbocycles. The molecule has 5 rings (SSSR count). The molecule has 3 aliphatic heterocycles. The number of hydrogen-bond acceptors (Lipinski definition) is 10. The van der Waals surface area contributed by atoms with E-state index in [0.29, 0.717) is 23.5 Å². The molecule has 38 heavy (non-hydrogen) atoms. The fourth-order valence-electron chi connectivity index (χ4n) is 5.14. The Morgan fingerprint density at radius 1 is 1.29 bits per heavy atom. The molecule has 2 unspecified atom stereocenters. The number of dihydropyridines is 1. The summed E-state index contributed by atoms with van der Waals surface area (Å²) < 4.78 is 1.75. The molecule has 5 N–H and O–H groups in total. The smallest absolute Gasteiger partial charge is 0.252 e. The molecular weight excluding hydrogens is 482 g/mol. The van der Waals surface area contributed by atoms with Crippen LogP contribution in [0, 0.1) is 12.3 Å². The largest absolute Gasteiger partial charge is 0.382 e. The lowest BCUT2D eigenvalue weighted by Crippen LogP contribution is -2.43. The summed E-state index contributed by atoms with van der Waals surface area (Å²) in [5.74, 6) is 1.20. The average Bonchev–Trinajstić information content (AvgIpc) is 3.48. The summed E-state index contributed by atoms with van der Waals surface area (Å²) in [4.78, 5) is 24.5. The van der Waals surface area contributed by atoms with Crippen molar-refractivity contribution in [3.05, 3.63) is 47.2 Å². The number of hydrogen-bond donors (Lipinski definition) is 5. The maximum absolute atomic E-state index is 12.9. The third-order valence-corrected chi connectivity index (χ3v) is 7.32. The van der Waals surface area contributed by atoms with Crippen molar-refractivity contribution in [2.45, 2.75) is 46.3 Å². The number of carbonyl (C=O) groups excluding carboxylic acids is 1. The maximum Gasteiger partial charge on any atom is 0.252 e. The zero-order chi connectivity index (χ0) is 27.0. The third kappa shape index (κ3) is 5.60. The van der Waals surface area contributed by atoms with Crippen molar-refractivity contribution in [1.82, 2.24) is 46.0 Å². The van der Waals surface area contributed by atoms with Crippen LogP contribution in [0.3, 0.4) is 0 Å². The zero-order valence-corrected chi connectivity index (χ0v) is 23.1. The molecule has 204 valence electrons. The summed E-state index contributed by atoms with van der Waals surface area (Å²) in [5.41, 5.74) is 7.92. The number of aromatic nitrogens is 4. The van der Waals surface area contributed by atoms with Gasteiger partial charge in [0.15, 0.2) is 5.82 Å². The molecule has 1 fully saturated rings. The van der Waals surface area contributed by atoms with E-state index in [4.69, 9.17) is 4.98 Å². The third-order valence-electron chi connectivity index (χ3n) is 7.32. The van der Waals surface area contributed by atoms with Gasteiger partial charge in [0, 0.05) is 58.0 Å². The molecule has 12 nitrogen and oxygen atoms in total. The molecule has 1 amide bonds. The van der Waals surface area contributed by atoms with Gasteiger partial charge in [0.05, 0.1) is 28.6 Å². The van der Waals surface area contributed by atoms with E-state index in [1.54, 1.807) is 10.9 Å². The number of hydrazine groups is 1. The highest BCUT2D eigenvalue weighted by molar-refractivity contribution is 5.96. The van der Waals surface area contributed by atoms with E-state index in [0.717, 1.165) is 48.1 Å². The lowest BCUT2D eigenvalue weighted by Gasteiger charge is -2.27. The first-order chi connectivity index (χ1) is 18.1. The van der Waals surface area contributed by atoms with E-state index in [1.165, 1.54) is 6.42 Å². The molecular formula is C26H39N11O. The van der Waals surface area contributed by atoms with Crippen LogP contribution in [0.25, 0.3) is 0 Å². The Kier molecular flexibility index (Phi) is 7.01. The Bertz CT molecular complexity index is 1260. The van der Waals surface area contributed by atoms with Crippen LogP contribution < -0.4 is 31.7 Å². The number of aryl methyl sites for hydroxylation is 2. The molecule has 0 bridgehead atoms. The van der Waals surface area contributed by atoms with Crippen LogP contribution in [-0.4, -0.2) is 69.8 Å². The molecule has 3 aliphatic rings. The SMILES string of the molecule is Cc1nn(C)cc1Nc1ncc2c(n1)N(C)NC2NC1=CC(C(=O)NCCN2CCC(C)(C)C2)=CNC1C. The van der Waals surface area contributed by atoms with Crippen molar-refractivity contribution in [3.8, 4) is 0 Å². The van der Waals surface area contributed by atoms with Crippen molar-refractivity contribution in [2.24, 2.45) is 12.5 Å². The van der Waals surface area contributed by atoms with E-state index >= 15 is 0 Å². The Morgan fingerprint density at radius 3 is 2.82 bits per heavy atom. The van der Waals surface area contributed by atoms with Crippen LogP contribution in [-0.2, 0) is 11.8 Å². The first-order valence-corrected chi connectivity index (χ1v) is 13.2. The zero-order valence-electron chi connectivity index (χ0n) is 23.1. The van der Waals surface area contributed by atoms with Gasteiger partial charge in [-0.25, -0.2) is 10.4 Å². The molecule has 2 aromatic rings.